The van der Waals surface area contributed by atoms with E-state index in [4.69, 9.17) is 0 Å². The van der Waals surface area contributed by atoms with Crippen LogP contribution in [0.2, 0.25) is 0 Å². The maximum atomic E-state index is 12.6. The molecule has 1 amide bonds. The fourth-order valence-corrected chi connectivity index (χ4v) is 3.67. The van der Waals surface area contributed by atoms with Crippen LogP contribution in [0.25, 0.3) is 0 Å². The Kier molecular flexibility index (Phi) is 4.24. The van der Waals surface area contributed by atoms with Crippen LogP contribution in [0, 0.1) is 0 Å². The van der Waals surface area contributed by atoms with Gasteiger partial charge in [0.1, 0.15) is 12.7 Å². The third-order valence-corrected chi connectivity index (χ3v) is 4.83. The Bertz CT molecular complexity index is 468. The second kappa shape index (κ2) is 6.13. The maximum absolute atomic E-state index is 12.6. The lowest BCUT2D eigenvalue weighted by Gasteiger charge is -2.34. The average molecular weight is 292 g/mol. The summed E-state index contributed by atoms with van der Waals surface area (Å²) in [6.45, 7) is 1.50. The third kappa shape index (κ3) is 3.43. The second-order valence-electron chi connectivity index (χ2n) is 6.46. The molecule has 6 nitrogen and oxygen atoms in total. The van der Waals surface area contributed by atoms with Gasteiger partial charge < -0.3 is 10.0 Å². The van der Waals surface area contributed by atoms with Gasteiger partial charge in [-0.05, 0) is 25.7 Å². The van der Waals surface area contributed by atoms with E-state index in [1.165, 1.54) is 12.7 Å². The molecular formula is C15H24N4O2. The van der Waals surface area contributed by atoms with Gasteiger partial charge in [-0.2, -0.15) is 5.10 Å². The number of nitrogens with zero attached hydrogens (tertiary/aromatic N) is 4. The van der Waals surface area contributed by atoms with Gasteiger partial charge >= 0.3 is 0 Å². The molecule has 1 aromatic heterocycles. The minimum atomic E-state index is -0.768. The van der Waals surface area contributed by atoms with Crippen molar-refractivity contribution in [2.45, 2.75) is 69.6 Å². The Labute approximate surface area is 125 Å². The Morgan fingerprint density at radius 2 is 2.10 bits per heavy atom. The minimum Gasteiger partial charge on any atom is -0.389 e. The maximum Gasteiger partial charge on any atom is 0.225 e. The van der Waals surface area contributed by atoms with Crippen LogP contribution in [-0.2, 0) is 11.3 Å². The predicted octanol–water partition coefficient (Wildman–Crippen LogP) is 1.35. The summed E-state index contributed by atoms with van der Waals surface area (Å²) < 4.78 is 1.78. The lowest BCUT2D eigenvalue weighted by Crippen LogP contribution is -2.43. The molecule has 1 saturated carbocycles. The summed E-state index contributed by atoms with van der Waals surface area (Å²) in [5.41, 5.74) is -0.768. The Morgan fingerprint density at radius 3 is 2.81 bits per heavy atom. The zero-order valence-electron chi connectivity index (χ0n) is 12.4. The monoisotopic (exact) mass is 292 g/mol. The van der Waals surface area contributed by atoms with Gasteiger partial charge in [0.05, 0.1) is 24.6 Å². The molecule has 0 aromatic carbocycles. The summed E-state index contributed by atoms with van der Waals surface area (Å²) in [7, 11) is 0. The Hall–Kier alpha value is -1.43. The van der Waals surface area contributed by atoms with Crippen molar-refractivity contribution in [1.82, 2.24) is 19.7 Å². The molecule has 2 aliphatic rings. The zero-order chi connectivity index (χ0) is 14.7. The number of likely N-dealkylation sites (tertiary alicyclic amines) is 1. The SMILES string of the molecule is O=C(CC1(O)CCCCC1)N1CCCC1Cn1cncn1. The number of hydrogen-bond donors (Lipinski definition) is 1. The first-order valence-electron chi connectivity index (χ1n) is 8.01. The highest BCUT2D eigenvalue weighted by molar-refractivity contribution is 5.78. The molecule has 1 aliphatic carbocycles. The number of aromatic nitrogens is 3. The quantitative estimate of drug-likeness (QED) is 0.909. The fourth-order valence-electron chi connectivity index (χ4n) is 3.67. The van der Waals surface area contributed by atoms with Crippen molar-refractivity contribution >= 4 is 5.91 Å². The van der Waals surface area contributed by atoms with Crippen LogP contribution in [-0.4, -0.2) is 48.9 Å². The van der Waals surface area contributed by atoms with Gasteiger partial charge in [0.15, 0.2) is 0 Å². The van der Waals surface area contributed by atoms with Crippen molar-refractivity contribution in [2.24, 2.45) is 0 Å². The van der Waals surface area contributed by atoms with Crippen LogP contribution in [0.3, 0.4) is 0 Å². The van der Waals surface area contributed by atoms with Crippen molar-refractivity contribution in [3.8, 4) is 0 Å². The summed E-state index contributed by atoms with van der Waals surface area (Å²) in [5, 5.41) is 14.7. The van der Waals surface area contributed by atoms with Crippen molar-refractivity contribution in [3.05, 3.63) is 12.7 Å². The first kappa shape index (κ1) is 14.5. The van der Waals surface area contributed by atoms with E-state index in [1.54, 1.807) is 11.0 Å². The number of hydrogen-bond acceptors (Lipinski definition) is 4. The predicted molar refractivity (Wildman–Crippen MR) is 77.4 cm³/mol. The lowest BCUT2D eigenvalue weighted by molar-refractivity contribution is -0.138. The number of rotatable bonds is 4. The van der Waals surface area contributed by atoms with Crippen LogP contribution < -0.4 is 0 Å². The molecule has 21 heavy (non-hydrogen) atoms. The van der Waals surface area contributed by atoms with E-state index >= 15 is 0 Å². The van der Waals surface area contributed by atoms with Crippen LogP contribution >= 0.6 is 0 Å². The molecule has 1 N–H and O–H groups in total. The minimum absolute atomic E-state index is 0.0991. The zero-order valence-corrected chi connectivity index (χ0v) is 12.4. The highest BCUT2D eigenvalue weighted by atomic mass is 16.3. The van der Waals surface area contributed by atoms with E-state index in [-0.39, 0.29) is 18.4 Å². The Balaban J connectivity index is 1.60. The molecule has 1 saturated heterocycles. The molecule has 0 radical (unpaired) electrons. The van der Waals surface area contributed by atoms with Gasteiger partial charge in [0.25, 0.3) is 0 Å². The third-order valence-electron chi connectivity index (χ3n) is 4.83. The molecular weight excluding hydrogens is 268 g/mol. The van der Waals surface area contributed by atoms with E-state index in [0.717, 1.165) is 45.1 Å². The first-order valence-corrected chi connectivity index (χ1v) is 8.01. The van der Waals surface area contributed by atoms with Gasteiger partial charge in [-0.3, -0.25) is 9.48 Å². The lowest BCUT2D eigenvalue weighted by atomic mass is 9.82. The molecule has 1 unspecified atom stereocenters. The van der Waals surface area contributed by atoms with Crippen LogP contribution in [0.4, 0.5) is 0 Å². The number of aliphatic hydroxyl groups is 1. The summed E-state index contributed by atoms with van der Waals surface area (Å²) >= 11 is 0. The molecule has 2 heterocycles. The van der Waals surface area contributed by atoms with Gasteiger partial charge in [-0.25, -0.2) is 4.98 Å². The number of amides is 1. The topological polar surface area (TPSA) is 71.2 Å². The first-order chi connectivity index (χ1) is 10.2. The molecule has 1 aliphatic heterocycles. The van der Waals surface area contributed by atoms with Crippen molar-refractivity contribution in [2.75, 3.05) is 6.54 Å². The van der Waals surface area contributed by atoms with Gasteiger partial charge in [0, 0.05) is 6.54 Å². The molecule has 6 heteroatoms. The smallest absolute Gasteiger partial charge is 0.225 e. The van der Waals surface area contributed by atoms with E-state index < -0.39 is 5.60 Å². The molecule has 0 bridgehead atoms. The highest BCUT2D eigenvalue weighted by Crippen LogP contribution is 2.32. The highest BCUT2D eigenvalue weighted by Gasteiger charge is 2.36. The fraction of sp³-hybridized carbons (Fsp3) is 0.800. The van der Waals surface area contributed by atoms with Crippen molar-refractivity contribution in [1.29, 1.82) is 0 Å². The van der Waals surface area contributed by atoms with Gasteiger partial charge in [-0.15, -0.1) is 0 Å². The summed E-state index contributed by atoms with van der Waals surface area (Å²) in [4.78, 5) is 18.5. The standard InChI is InChI=1S/C15H24N4O2/c20-14(9-15(21)6-2-1-3-7-15)19-8-4-5-13(19)10-18-12-16-11-17-18/h11-13,21H,1-10H2. The molecule has 1 aromatic rings. The van der Waals surface area contributed by atoms with E-state index in [2.05, 4.69) is 10.1 Å². The van der Waals surface area contributed by atoms with Crippen molar-refractivity contribution < 1.29 is 9.90 Å². The summed E-state index contributed by atoms with van der Waals surface area (Å²) in [6, 6.07) is 0.186. The van der Waals surface area contributed by atoms with Crippen LogP contribution in [0.5, 0.6) is 0 Å². The molecule has 0 spiro atoms. The van der Waals surface area contributed by atoms with E-state index in [9.17, 15) is 9.90 Å². The molecule has 116 valence electrons. The van der Waals surface area contributed by atoms with Crippen LogP contribution in [0.15, 0.2) is 12.7 Å². The summed E-state index contributed by atoms with van der Waals surface area (Å²) in [5.74, 6) is 0.0991. The normalized spacial score (nSPS) is 25.2. The second-order valence-corrected chi connectivity index (χ2v) is 6.46. The summed E-state index contributed by atoms with van der Waals surface area (Å²) in [6.07, 6.45) is 10.3. The molecule has 1 atom stereocenters. The van der Waals surface area contributed by atoms with Crippen molar-refractivity contribution in [3.63, 3.8) is 0 Å². The molecule has 3 rings (SSSR count). The van der Waals surface area contributed by atoms with Gasteiger partial charge in [-0.1, -0.05) is 19.3 Å². The number of carbonyl (C=O) groups excluding carboxylic acids is 1. The average Bonchev–Trinajstić information content (AvgIpc) is 3.11. The Morgan fingerprint density at radius 1 is 1.29 bits per heavy atom. The van der Waals surface area contributed by atoms with Crippen LogP contribution in [0.1, 0.15) is 51.4 Å². The largest absolute Gasteiger partial charge is 0.389 e. The number of carbonyl (C=O) groups is 1. The van der Waals surface area contributed by atoms with E-state index in [1.807, 2.05) is 4.90 Å². The van der Waals surface area contributed by atoms with Gasteiger partial charge in [0.2, 0.25) is 5.91 Å². The molecule has 2 fully saturated rings. The van der Waals surface area contributed by atoms with E-state index in [0.29, 0.717) is 6.54 Å².